The van der Waals surface area contributed by atoms with Crippen molar-refractivity contribution in [1.29, 1.82) is 0 Å². The average Bonchev–Trinajstić information content (AvgIpc) is 3.59. The normalized spacial score (nSPS) is 21.9. The minimum Gasteiger partial charge on any atom is -0.477 e. The summed E-state index contributed by atoms with van der Waals surface area (Å²) in [5, 5.41) is 13.2. The Kier molecular flexibility index (Phi) is 5.96. The maximum absolute atomic E-state index is 15.8. The second-order valence-corrected chi connectivity index (χ2v) is 12.3. The Bertz CT molecular complexity index is 2110. The van der Waals surface area contributed by atoms with Crippen molar-refractivity contribution in [1.82, 2.24) is 24.5 Å². The highest BCUT2D eigenvalue weighted by Crippen LogP contribution is 2.53. The van der Waals surface area contributed by atoms with Crippen LogP contribution in [0.4, 0.5) is 20.2 Å². The highest BCUT2D eigenvalue weighted by molar-refractivity contribution is 6.18. The van der Waals surface area contributed by atoms with Gasteiger partial charge in [-0.25, -0.2) is 28.2 Å². The predicted molar refractivity (Wildman–Crippen MR) is 166 cm³/mol. The summed E-state index contributed by atoms with van der Waals surface area (Å²) in [6.45, 7) is 6.72. The molecular formula is C31H32F2N8O3. The highest BCUT2D eigenvalue weighted by atomic mass is 19.2. The number of carboxylic acids is 1. The highest BCUT2D eigenvalue weighted by Gasteiger charge is 2.58. The van der Waals surface area contributed by atoms with Crippen LogP contribution in [0.25, 0.3) is 44.1 Å². The van der Waals surface area contributed by atoms with Crippen molar-refractivity contribution in [2.24, 2.45) is 5.41 Å². The quantitative estimate of drug-likeness (QED) is 0.234. The van der Waals surface area contributed by atoms with E-state index < -0.39 is 28.6 Å². The van der Waals surface area contributed by atoms with Gasteiger partial charge in [-0.05, 0) is 33.0 Å². The Hall–Kier alpha value is -4.78. The number of rotatable bonds is 5. The number of hydrogen-bond acceptors (Lipinski definition) is 8. The summed E-state index contributed by atoms with van der Waals surface area (Å²) >= 11 is 0. The molecule has 4 aromatic heterocycles. The van der Waals surface area contributed by atoms with E-state index >= 15 is 8.78 Å². The van der Waals surface area contributed by atoms with Crippen LogP contribution in [0, 0.1) is 17.0 Å². The number of anilines is 2. The number of fused-ring (bicyclic) bond motifs is 5. The van der Waals surface area contributed by atoms with Crippen molar-refractivity contribution in [2.75, 3.05) is 56.4 Å². The molecule has 2 aliphatic rings. The molecule has 0 bridgehead atoms. The Labute approximate surface area is 250 Å². The number of aromatic carboxylic acids is 1. The first-order valence-corrected chi connectivity index (χ1v) is 14.4. The van der Waals surface area contributed by atoms with E-state index in [9.17, 15) is 14.7 Å². The smallest absolute Gasteiger partial charge is 0.341 e. The van der Waals surface area contributed by atoms with E-state index in [0.717, 1.165) is 19.0 Å². The van der Waals surface area contributed by atoms with Gasteiger partial charge in [0.05, 0.1) is 33.1 Å². The van der Waals surface area contributed by atoms with E-state index in [2.05, 4.69) is 56.4 Å². The predicted octanol–water partition coefficient (Wildman–Crippen LogP) is 4.20. The van der Waals surface area contributed by atoms with Gasteiger partial charge in [-0.15, -0.1) is 0 Å². The van der Waals surface area contributed by atoms with Crippen LogP contribution in [0.3, 0.4) is 0 Å². The summed E-state index contributed by atoms with van der Waals surface area (Å²) in [7, 11) is 5.34. The van der Waals surface area contributed by atoms with E-state index in [1.165, 1.54) is 10.9 Å². The van der Waals surface area contributed by atoms with Crippen molar-refractivity contribution in [2.45, 2.75) is 25.8 Å². The lowest BCUT2D eigenvalue weighted by Crippen LogP contribution is -2.48. The lowest BCUT2D eigenvalue weighted by atomic mass is 9.75. The van der Waals surface area contributed by atoms with Crippen LogP contribution in [0.1, 0.15) is 30.6 Å². The molecule has 0 spiro atoms. The van der Waals surface area contributed by atoms with Gasteiger partial charge in [-0.3, -0.25) is 9.69 Å². The molecule has 4 N–H and O–H groups in total. The minimum absolute atomic E-state index is 0.0777. The maximum Gasteiger partial charge on any atom is 0.341 e. The van der Waals surface area contributed by atoms with Crippen LogP contribution in [-0.2, 0) is 0 Å². The molecule has 5 aromatic rings. The molecular weight excluding hydrogens is 570 g/mol. The molecule has 228 valence electrons. The molecule has 0 unspecified atom stereocenters. The van der Waals surface area contributed by atoms with E-state index in [1.807, 2.05) is 0 Å². The van der Waals surface area contributed by atoms with Crippen molar-refractivity contribution >= 4 is 50.3 Å². The zero-order valence-corrected chi connectivity index (χ0v) is 25.0. The molecule has 2 atom stereocenters. The largest absolute Gasteiger partial charge is 0.477 e. The maximum atomic E-state index is 15.8. The fourth-order valence-corrected chi connectivity index (χ4v) is 7.32. The zero-order valence-electron chi connectivity index (χ0n) is 25.0. The zero-order chi connectivity index (χ0) is 31.3. The van der Waals surface area contributed by atoms with Crippen LogP contribution in [0.5, 0.6) is 0 Å². The Balaban J connectivity index is 1.57. The number of carbonyl (C=O) groups is 1. The van der Waals surface area contributed by atoms with Crippen molar-refractivity contribution in [3.05, 3.63) is 58.1 Å². The summed E-state index contributed by atoms with van der Waals surface area (Å²) in [5.74, 6) is -3.34. The monoisotopic (exact) mass is 602 g/mol. The Morgan fingerprint density at radius 3 is 2.57 bits per heavy atom. The lowest BCUT2D eigenvalue weighted by molar-refractivity contribution is 0.0695. The van der Waals surface area contributed by atoms with Gasteiger partial charge in [0.15, 0.2) is 17.3 Å². The number of aromatic nitrogens is 4. The molecule has 0 radical (unpaired) electrons. The van der Waals surface area contributed by atoms with Gasteiger partial charge < -0.3 is 25.7 Å². The second-order valence-electron chi connectivity index (χ2n) is 12.3. The number of hydrogen-bond donors (Lipinski definition) is 4. The van der Waals surface area contributed by atoms with Crippen molar-refractivity contribution in [3.8, 4) is 11.1 Å². The molecule has 2 aliphatic heterocycles. The van der Waals surface area contributed by atoms with Gasteiger partial charge in [-0.1, -0.05) is 6.92 Å². The third kappa shape index (κ3) is 3.62. The van der Waals surface area contributed by atoms with E-state index in [0.29, 0.717) is 52.1 Å². The van der Waals surface area contributed by atoms with Crippen LogP contribution in [0.2, 0.25) is 0 Å². The van der Waals surface area contributed by atoms with E-state index in [4.69, 9.17) is 0 Å². The number of pyridine rings is 3. The average molecular weight is 603 g/mol. The molecule has 2 saturated heterocycles. The van der Waals surface area contributed by atoms with Crippen LogP contribution >= 0.6 is 0 Å². The molecule has 11 nitrogen and oxygen atoms in total. The number of carboxylic acid groups (broad SMARTS) is 1. The molecule has 0 saturated carbocycles. The number of aromatic amines is 1. The van der Waals surface area contributed by atoms with Crippen molar-refractivity contribution < 1.29 is 18.7 Å². The first kappa shape index (κ1) is 28.0. The number of benzene rings is 1. The third-order valence-corrected chi connectivity index (χ3v) is 10.2. The fraction of sp³-hybridized carbons (Fsp3) is 0.355. The van der Waals surface area contributed by atoms with Gasteiger partial charge in [-0.2, -0.15) is 0 Å². The number of nitrogens with zero attached hydrogens (tertiary/aromatic N) is 5. The molecule has 0 amide bonds. The van der Waals surface area contributed by atoms with Gasteiger partial charge in [0, 0.05) is 73.9 Å². The summed E-state index contributed by atoms with van der Waals surface area (Å²) in [6, 6.07) is 2.71. The Morgan fingerprint density at radius 2 is 1.89 bits per heavy atom. The first-order chi connectivity index (χ1) is 20.9. The molecule has 6 heterocycles. The second kappa shape index (κ2) is 9.36. The van der Waals surface area contributed by atoms with E-state index in [-0.39, 0.29) is 27.4 Å². The molecule has 0 aliphatic carbocycles. The van der Waals surface area contributed by atoms with Gasteiger partial charge in [0.2, 0.25) is 5.43 Å². The van der Waals surface area contributed by atoms with Crippen LogP contribution in [-0.4, -0.2) is 81.9 Å². The summed E-state index contributed by atoms with van der Waals surface area (Å²) in [6.07, 6.45) is 5.39. The molecule has 13 heteroatoms. The number of likely N-dealkylation sites (tertiary alicyclic amines) is 1. The summed E-state index contributed by atoms with van der Waals surface area (Å²) in [4.78, 5) is 42.2. The number of H-pyrrole nitrogens is 1. The van der Waals surface area contributed by atoms with Gasteiger partial charge >= 0.3 is 5.97 Å². The lowest BCUT2D eigenvalue weighted by Gasteiger charge is -2.37. The molecule has 7 rings (SSSR count). The SMILES string of the molecule is CNc1cc(F)c(F)c2c1[nH]c1ncc(-c3cnc4c(c3)c(=O)c(C(=O)O)cn4NC)c(N3C[C@]4(C)CCN(C)[C@]4(C)C3)c12. The third-order valence-electron chi connectivity index (χ3n) is 10.2. The Morgan fingerprint density at radius 1 is 1.11 bits per heavy atom. The van der Waals surface area contributed by atoms with Crippen LogP contribution in [0.15, 0.2) is 35.5 Å². The van der Waals surface area contributed by atoms with Crippen LogP contribution < -0.4 is 21.1 Å². The fourth-order valence-electron chi connectivity index (χ4n) is 7.32. The molecule has 1 aromatic carbocycles. The standard InChI is InChI=1S/C31H32F2N8O3/c1-30-6-7-39(5)31(30,2)14-40(13-30)25-17(11-36-27-22(25)21-23(33)19(32)9-20(34-3)24(21)38-27)15-8-16-26(42)18(29(43)44)12-41(35-4)28(16)37-10-15/h8-12,34-35H,6-7,13-14H2,1-5H3,(H,36,38)(H,43,44)/t30-,31+/m0/s1. The number of halogens is 2. The van der Waals surface area contributed by atoms with Crippen molar-refractivity contribution in [3.63, 3.8) is 0 Å². The topological polar surface area (TPSA) is 131 Å². The van der Waals surface area contributed by atoms with Gasteiger partial charge in [0.1, 0.15) is 11.2 Å². The number of nitrogens with one attached hydrogen (secondary N) is 3. The van der Waals surface area contributed by atoms with Gasteiger partial charge in [0.25, 0.3) is 0 Å². The summed E-state index contributed by atoms with van der Waals surface area (Å²) < 4.78 is 32.2. The number of likely N-dealkylation sites (N-methyl/N-ethyl adjacent to an activating group) is 1. The molecule has 2 fully saturated rings. The first-order valence-electron chi connectivity index (χ1n) is 14.4. The minimum atomic E-state index is -1.36. The summed E-state index contributed by atoms with van der Waals surface area (Å²) in [5.41, 5.74) is 4.59. The van der Waals surface area contributed by atoms with E-state index in [1.54, 1.807) is 32.6 Å². The molecule has 44 heavy (non-hydrogen) atoms.